The molecule has 0 heterocycles. The quantitative estimate of drug-likeness (QED) is 0.767. The number of carbonyl (C=O) groups is 1. The van der Waals surface area contributed by atoms with Crippen LogP contribution in [0.15, 0.2) is 18.2 Å². The predicted octanol–water partition coefficient (Wildman–Crippen LogP) is 3.01. The summed E-state index contributed by atoms with van der Waals surface area (Å²) in [5.74, 6) is 0.878. The average molecular weight is 213 g/mol. The first-order valence-electron chi connectivity index (χ1n) is 4.48. The lowest BCUT2D eigenvalue weighted by Gasteiger charge is -2.08. The molecule has 14 heavy (non-hydrogen) atoms. The summed E-state index contributed by atoms with van der Waals surface area (Å²) in [5, 5.41) is 0.647. The molecular weight excluding hydrogens is 200 g/mol. The molecule has 0 atom stereocenters. The second kappa shape index (κ2) is 5.01. The molecule has 0 unspecified atom stereocenters. The number of ether oxygens (including phenoxy) is 1. The van der Waals surface area contributed by atoms with Gasteiger partial charge in [-0.2, -0.15) is 0 Å². The first kappa shape index (κ1) is 11.1. The topological polar surface area (TPSA) is 26.3 Å². The van der Waals surface area contributed by atoms with Crippen molar-refractivity contribution in [3.8, 4) is 5.75 Å². The lowest BCUT2D eigenvalue weighted by Crippen LogP contribution is -2.03. The smallest absolute Gasteiger partial charge is 0.133 e. The van der Waals surface area contributed by atoms with Crippen molar-refractivity contribution in [1.82, 2.24) is 0 Å². The van der Waals surface area contributed by atoms with Crippen molar-refractivity contribution in [2.24, 2.45) is 0 Å². The Balaban J connectivity index is 2.57. The van der Waals surface area contributed by atoms with E-state index in [1.54, 1.807) is 13.0 Å². The minimum absolute atomic E-state index is 0.129. The molecule has 1 aromatic carbocycles. The molecule has 1 rings (SSSR count). The van der Waals surface area contributed by atoms with Crippen molar-refractivity contribution in [2.75, 3.05) is 6.61 Å². The van der Waals surface area contributed by atoms with E-state index in [9.17, 15) is 4.79 Å². The number of Topliss-reactive ketones (excluding diaryl/α,β-unsaturated/α-hetero) is 1. The standard InChI is InChI=1S/C11H13ClO2/c1-8-3-4-10(12)7-11(8)14-6-5-9(2)13/h3-4,7H,5-6H2,1-2H3. The summed E-state index contributed by atoms with van der Waals surface area (Å²) in [7, 11) is 0. The zero-order valence-corrected chi connectivity index (χ0v) is 9.10. The van der Waals surface area contributed by atoms with Crippen molar-refractivity contribution >= 4 is 17.4 Å². The molecule has 2 nitrogen and oxygen atoms in total. The summed E-state index contributed by atoms with van der Waals surface area (Å²) in [4.78, 5) is 10.7. The van der Waals surface area contributed by atoms with Gasteiger partial charge in [0.2, 0.25) is 0 Å². The number of carbonyl (C=O) groups excluding carboxylic acids is 1. The Morgan fingerprint density at radius 2 is 2.21 bits per heavy atom. The van der Waals surface area contributed by atoms with Gasteiger partial charge in [0.05, 0.1) is 6.61 Å². The summed E-state index contributed by atoms with van der Waals surface area (Å²) in [6.07, 6.45) is 0.436. The Kier molecular flexibility index (Phi) is 3.96. The molecule has 0 fully saturated rings. The van der Waals surface area contributed by atoms with Crippen molar-refractivity contribution in [2.45, 2.75) is 20.3 Å². The second-order valence-corrected chi connectivity index (χ2v) is 3.65. The van der Waals surface area contributed by atoms with Gasteiger partial charge in [-0.25, -0.2) is 0 Å². The van der Waals surface area contributed by atoms with Gasteiger partial charge in [0, 0.05) is 11.4 Å². The summed E-state index contributed by atoms with van der Waals surface area (Å²) >= 11 is 5.81. The molecule has 0 aliphatic heterocycles. The Bertz CT molecular complexity index is 334. The average Bonchev–Trinajstić information content (AvgIpc) is 2.10. The maximum Gasteiger partial charge on any atom is 0.133 e. The van der Waals surface area contributed by atoms with Crippen molar-refractivity contribution in [1.29, 1.82) is 0 Å². The molecule has 0 N–H and O–H groups in total. The number of halogens is 1. The largest absolute Gasteiger partial charge is 0.493 e. The highest BCUT2D eigenvalue weighted by Gasteiger charge is 2.01. The van der Waals surface area contributed by atoms with Crippen LogP contribution in [-0.2, 0) is 4.79 Å². The number of hydrogen-bond donors (Lipinski definition) is 0. The fourth-order valence-corrected chi connectivity index (χ4v) is 1.20. The predicted molar refractivity (Wildman–Crippen MR) is 57.0 cm³/mol. The van der Waals surface area contributed by atoms with E-state index in [0.29, 0.717) is 18.1 Å². The maximum absolute atomic E-state index is 10.7. The zero-order chi connectivity index (χ0) is 10.6. The van der Waals surface area contributed by atoms with E-state index in [2.05, 4.69) is 0 Å². The minimum atomic E-state index is 0.129. The number of hydrogen-bond acceptors (Lipinski definition) is 2. The second-order valence-electron chi connectivity index (χ2n) is 3.21. The molecule has 0 aliphatic carbocycles. The van der Waals surface area contributed by atoms with E-state index in [0.717, 1.165) is 11.3 Å². The van der Waals surface area contributed by atoms with Crippen molar-refractivity contribution < 1.29 is 9.53 Å². The van der Waals surface area contributed by atoms with Crippen LogP contribution in [0, 0.1) is 6.92 Å². The highest BCUT2D eigenvalue weighted by atomic mass is 35.5. The third-order valence-electron chi connectivity index (χ3n) is 1.86. The van der Waals surface area contributed by atoms with E-state index in [1.165, 1.54) is 0 Å². The number of rotatable bonds is 4. The lowest BCUT2D eigenvalue weighted by atomic mass is 10.2. The van der Waals surface area contributed by atoms with Gasteiger partial charge >= 0.3 is 0 Å². The fraction of sp³-hybridized carbons (Fsp3) is 0.364. The van der Waals surface area contributed by atoms with Crippen LogP contribution in [0.5, 0.6) is 5.75 Å². The van der Waals surface area contributed by atoms with Gasteiger partial charge in [0.25, 0.3) is 0 Å². The molecule has 1 aromatic rings. The molecule has 0 spiro atoms. The Morgan fingerprint density at radius 3 is 2.86 bits per heavy atom. The van der Waals surface area contributed by atoms with Gasteiger partial charge in [-0.3, -0.25) is 4.79 Å². The Labute approximate surface area is 88.8 Å². The van der Waals surface area contributed by atoms with Crippen LogP contribution in [0.1, 0.15) is 18.9 Å². The van der Waals surface area contributed by atoms with Gasteiger partial charge in [0.1, 0.15) is 11.5 Å². The van der Waals surface area contributed by atoms with E-state index in [1.807, 2.05) is 19.1 Å². The van der Waals surface area contributed by atoms with Gasteiger partial charge in [0.15, 0.2) is 0 Å². The van der Waals surface area contributed by atoms with Crippen LogP contribution in [0.25, 0.3) is 0 Å². The van der Waals surface area contributed by atoms with Crippen molar-refractivity contribution in [3.05, 3.63) is 28.8 Å². The minimum Gasteiger partial charge on any atom is -0.493 e. The maximum atomic E-state index is 10.7. The third-order valence-corrected chi connectivity index (χ3v) is 2.10. The van der Waals surface area contributed by atoms with Gasteiger partial charge in [-0.15, -0.1) is 0 Å². The van der Waals surface area contributed by atoms with Crippen LogP contribution >= 0.6 is 11.6 Å². The normalized spacial score (nSPS) is 9.93. The first-order chi connectivity index (χ1) is 6.59. The van der Waals surface area contributed by atoms with Crippen LogP contribution in [0.4, 0.5) is 0 Å². The van der Waals surface area contributed by atoms with Crippen LogP contribution < -0.4 is 4.74 Å². The Morgan fingerprint density at radius 1 is 1.50 bits per heavy atom. The highest BCUT2D eigenvalue weighted by molar-refractivity contribution is 6.30. The molecular formula is C11H13ClO2. The monoisotopic (exact) mass is 212 g/mol. The molecule has 0 saturated carbocycles. The number of ketones is 1. The van der Waals surface area contributed by atoms with E-state index >= 15 is 0 Å². The van der Waals surface area contributed by atoms with E-state index in [-0.39, 0.29) is 5.78 Å². The van der Waals surface area contributed by atoms with Gasteiger partial charge in [-0.05, 0) is 31.5 Å². The molecule has 76 valence electrons. The van der Waals surface area contributed by atoms with Gasteiger partial charge in [-0.1, -0.05) is 17.7 Å². The van der Waals surface area contributed by atoms with Gasteiger partial charge < -0.3 is 4.74 Å². The van der Waals surface area contributed by atoms with E-state index < -0.39 is 0 Å². The number of aryl methyl sites for hydroxylation is 1. The van der Waals surface area contributed by atoms with Crippen molar-refractivity contribution in [3.63, 3.8) is 0 Å². The summed E-state index contributed by atoms with van der Waals surface area (Å²) < 4.78 is 5.42. The SMILES string of the molecule is CC(=O)CCOc1cc(Cl)ccc1C. The first-order valence-corrected chi connectivity index (χ1v) is 4.86. The third kappa shape index (κ3) is 3.38. The summed E-state index contributed by atoms with van der Waals surface area (Å²) in [5.41, 5.74) is 1.03. The molecule has 0 bridgehead atoms. The van der Waals surface area contributed by atoms with Crippen LogP contribution in [-0.4, -0.2) is 12.4 Å². The molecule has 0 aromatic heterocycles. The van der Waals surface area contributed by atoms with Crippen LogP contribution in [0.3, 0.4) is 0 Å². The Hall–Kier alpha value is -1.02. The van der Waals surface area contributed by atoms with Crippen LogP contribution in [0.2, 0.25) is 5.02 Å². The summed E-state index contributed by atoms with van der Waals surface area (Å²) in [6, 6.07) is 5.47. The molecule has 0 aliphatic rings. The molecule has 0 radical (unpaired) electrons. The molecule has 0 saturated heterocycles. The summed E-state index contributed by atoms with van der Waals surface area (Å²) in [6.45, 7) is 3.91. The molecule has 0 amide bonds. The fourth-order valence-electron chi connectivity index (χ4n) is 1.03. The zero-order valence-electron chi connectivity index (χ0n) is 8.34. The lowest BCUT2D eigenvalue weighted by molar-refractivity contribution is -0.117. The van der Waals surface area contributed by atoms with E-state index in [4.69, 9.17) is 16.3 Å². The molecule has 3 heteroatoms. The number of benzene rings is 1. The highest BCUT2D eigenvalue weighted by Crippen LogP contribution is 2.22.